The van der Waals surface area contributed by atoms with E-state index < -0.39 is 0 Å². The molecule has 1 N–H and O–H groups in total. The van der Waals surface area contributed by atoms with Crippen LogP contribution in [0.1, 0.15) is 33.2 Å². The third kappa shape index (κ3) is 3.47. The van der Waals surface area contributed by atoms with Gasteiger partial charge in [-0.1, -0.05) is 18.2 Å². The number of likely N-dealkylation sites (N-methyl/N-ethyl adjacent to an activating group) is 1. The molecule has 1 aromatic carbocycles. The first-order chi connectivity index (χ1) is 9.01. The van der Waals surface area contributed by atoms with Gasteiger partial charge in [0.25, 0.3) is 0 Å². The molecule has 1 nitrogen and oxygen atoms in total. The second kappa shape index (κ2) is 6.21. The van der Waals surface area contributed by atoms with Crippen LogP contribution in [0.25, 0.3) is 0 Å². The van der Waals surface area contributed by atoms with Gasteiger partial charge >= 0.3 is 0 Å². The standard InChI is InChI=1S/C16H20BrNS/c1-10-5-6-13(7-11(10)2)8-15(18-4)14-9-16(17)19-12(14)3/h5-7,9,15,18H,8H2,1-4H3. The van der Waals surface area contributed by atoms with Crippen molar-refractivity contribution >= 4 is 27.3 Å². The molecule has 0 aliphatic carbocycles. The topological polar surface area (TPSA) is 12.0 Å². The summed E-state index contributed by atoms with van der Waals surface area (Å²) in [5.41, 5.74) is 5.52. The van der Waals surface area contributed by atoms with Crippen molar-refractivity contribution < 1.29 is 0 Å². The minimum absolute atomic E-state index is 0.379. The van der Waals surface area contributed by atoms with Crippen molar-refractivity contribution in [1.29, 1.82) is 0 Å². The van der Waals surface area contributed by atoms with Gasteiger partial charge in [-0.2, -0.15) is 0 Å². The Labute approximate surface area is 128 Å². The number of hydrogen-bond donors (Lipinski definition) is 1. The van der Waals surface area contributed by atoms with E-state index in [1.807, 2.05) is 7.05 Å². The van der Waals surface area contributed by atoms with Crippen LogP contribution < -0.4 is 5.32 Å². The van der Waals surface area contributed by atoms with Gasteiger partial charge in [-0.05, 0) is 78.5 Å². The molecule has 0 fully saturated rings. The van der Waals surface area contributed by atoms with Crippen molar-refractivity contribution in [3.8, 4) is 0 Å². The maximum atomic E-state index is 3.58. The highest BCUT2D eigenvalue weighted by atomic mass is 79.9. The van der Waals surface area contributed by atoms with E-state index in [1.54, 1.807) is 11.3 Å². The highest BCUT2D eigenvalue weighted by Crippen LogP contribution is 2.32. The Kier molecular flexibility index (Phi) is 4.82. The van der Waals surface area contributed by atoms with Gasteiger partial charge in [0, 0.05) is 10.9 Å². The molecule has 0 saturated carbocycles. The lowest BCUT2D eigenvalue weighted by Gasteiger charge is -2.17. The maximum absolute atomic E-state index is 3.58. The van der Waals surface area contributed by atoms with Gasteiger partial charge < -0.3 is 5.32 Å². The van der Waals surface area contributed by atoms with Crippen LogP contribution in [0.5, 0.6) is 0 Å². The Morgan fingerprint density at radius 3 is 2.42 bits per heavy atom. The van der Waals surface area contributed by atoms with Crippen LogP contribution in [-0.4, -0.2) is 7.05 Å². The average molecular weight is 338 g/mol. The van der Waals surface area contributed by atoms with Crippen molar-refractivity contribution in [2.75, 3.05) is 7.05 Å². The zero-order valence-corrected chi connectivity index (χ0v) is 14.3. The van der Waals surface area contributed by atoms with Crippen LogP contribution >= 0.6 is 27.3 Å². The minimum Gasteiger partial charge on any atom is -0.313 e. The molecule has 0 aliphatic rings. The lowest BCUT2D eigenvalue weighted by molar-refractivity contribution is 0.591. The van der Waals surface area contributed by atoms with Crippen molar-refractivity contribution in [3.05, 3.63) is 55.2 Å². The Morgan fingerprint density at radius 2 is 1.89 bits per heavy atom. The summed E-state index contributed by atoms with van der Waals surface area (Å²) < 4.78 is 1.21. The van der Waals surface area contributed by atoms with E-state index in [2.05, 4.69) is 66.3 Å². The molecule has 0 bridgehead atoms. The molecule has 102 valence electrons. The molecule has 0 saturated heterocycles. The monoisotopic (exact) mass is 337 g/mol. The minimum atomic E-state index is 0.379. The molecule has 2 rings (SSSR count). The molecule has 1 aromatic heterocycles. The first-order valence-corrected chi connectivity index (χ1v) is 8.11. The molecule has 2 aromatic rings. The average Bonchev–Trinajstić information content (AvgIpc) is 2.70. The van der Waals surface area contributed by atoms with E-state index in [9.17, 15) is 0 Å². The highest BCUT2D eigenvalue weighted by molar-refractivity contribution is 9.11. The van der Waals surface area contributed by atoms with E-state index in [-0.39, 0.29) is 0 Å². The normalized spacial score (nSPS) is 12.7. The second-order valence-corrected chi connectivity index (χ2v) is 7.66. The molecule has 3 heteroatoms. The fourth-order valence-electron chi connectivity index (χ4n) is 2.34. The molecular formula is C16H20BrNS. The number of rotatable bonds is 4. The Bertz CT molecular complexity index is 574. The summed E-state index contributed by atoms with van der Waals surface area (Å²) in [6, 6.07) is 9.38. The molecule has 19 heavy (non-hydrogen) atoms. The molecular weight excluding hydrogens is 318 g/mol. The highest BCUT2D eigenvalue weighted by Gasteiger charge is 2.15. The number of halogens is 1. The Hall–Kier alpha value is -0.640. The van der Waals surface area contributed by atoms with Gasteiger partial charge in [0.1, 0.15) is 0 Å². The molecule has 0 radical (unpaired) electrons. The summed E-state index contributed by atoms with van der Waals surface area (Å²) >= 11 is 5.38. The van der Waals surface area contributed by atoms with Crippen LogP contribution in [0.15, 0.2) is 28.1 Å². The van der Waals surface area contributed by atoms with Crippen molar-refractivity contribution in [1.82, 2.24) is 5.32 Å². The molecule has 1 unspecified atom stereocenters. The summed E-state index contributed by atoms with van der Waals surface area (Å²) in [7, 11) is 2.04. The molecule has 0 spiro atoms. The van der Waals surface area contributed by atoms with Crippen LogP contribution in [0.2, 0.25) is 0 Å². The van der Waals surface area contributed by atoms with Crippen LogP contribution in [0.3, 0.4) is 0 Å². The largest absolute Gasteiger partial charge is 0.313 e. The van der Waals surface area contributed by atoms with Gasteiger partial charge in [0.15, 0.2) is 0 Å². The van der Waals surface area contributed by atoms with Crippen molar-refractivity contribution in [2.45, 2.75) is 33.2 Å². The fourth-order valence-corrected chi connectivity index (χ4v) is 4.11. The molecule has 0 aliphatic heterocycles. The fraction of sp³-hybridized carbons (Fsp3) is 0.375. The third-order valence-electron chi connectivity index (χ3n) is 3.66. The zero-order chi connectivity index (χ0) is 14.0. The van der Waals surface area contributed by atoms with E-state index in [0.717, 1.165) is 6.42 Å². The predicted molar refractivity (Wildman–Crippen MR) is 88.2 cm³/mol. The van der Waals surface area contributed by atoms with Crippen LogP contribution in [0, 0.1) is 20.8 Å². The van der Waals surface area contributed by atoms with Crippen LogP contribution in [0.4, 0.5) is 0 Å². The van der Waals surface area contributed by atoms with E-state index in [1.165, 1.54) is 30.9 Å². The molecule has 1 atom stereocenters. The second-order valence-electron chi connectivity index (χ2n) is 5.03. The van der Waals surface area contributed by atoms with Gasteiger partial charge in [0.2, 0.25) is 0 Å². The first kappa shape index (κ1) is 14.8. The van der Waals surface area contributed by atoms with Gasteiger partial charge in [0.05, 0.1) is 3.79 Å². The summed E-state index contributed by atoms with van der Waals surface area (Å²) in [6.45, 7) is 6.53. The molecule has 0 amide bonds. The number of aryl methyl sites for hydroxylation is 3. The quantitative estimate of drug-likeness (QED) is 0.833. The lowest BCUT2D eigenvalue weighted by Crippen LogP contribution is -2.19. The van der Waals surface area contributed by atoms with Crippen LogP contribution in [-0.2, 0) is 6.42 Å². The number of benzene rings is 1. The SMILES string of the molecule is CNC(Cc1ccc(C)c(C)c1)c1cc(Br)sc1C. The summed E-state index contributed by atoms with van der Waals surface area (Å²) in [4.78, 5) is 1.38. The van der Waals surface area contributed by atoms with Gasteiger partial charge in [-0.3, -0.25) is 0 Å². The van der Waals surface area contributed by atoms with Crippen molar-refractivity contribution in [2.24, 2.45) is 0 Å². The van der Waals surface area contributed by atoms with E-state index >= 15 is 0 Å². The predicted octanol–water partition coefficient (Wildman–Crippen LogP) is 4.94. The lowest BCUT2D eigenvalue weighted by atomic mass is 9.97. The third-order valence-corrected chi connectivity index (χ3v) is 5.23. The summed E-state index contributed by atoms with van der Waals surface area (Å²) in [6.07, 6.45) is 1.03. The smallest absolute Gasteiger partial charge is 0.0704 e. The maximum Gasteiger partial charge on any atom is 0.0704 e. The first-order valence-electron chi connectivity index (χ1n) is 6.50. The summed E-state index contributed by atoms with van der Waals surface area (Å²) in [5.74, 6) is 0. The number of hydrogen-bond acceptors (Lipinski definition) is 2. The van der Waals surface area contributed by atoms with E-state index in [4.69, 9.17) is 0 Å². The van der Waals surface area contributed by atoms with E-state index in [0.29, 0.717) is 6.04 Å². The number of nitrogens with one attached hydrogen (secondary N) is 1. The van der Waals surface area contributed by atoms with Crippen molar-refractivity contribution in [3.63, 3.8) is 0 Å². The Balaban J connectivity index is 2.23. The zero-order valence-electron chi connectivity index (χ0n) is 11.9. The molecule has 1 heterocycles. The van der Waals surface area contributed by atoms with Gasteiger partial charge in [-0.15, -0.1) is 11.3 Å². The summed E-state index contributed by atoms with van der Waals surface area (Å²) in [5, 5.41) is 3.44. The van der Waals surface area contributed by atoms with Gasteiger partial charge in [-0.25, -0.2) is 0 Å². The number of thiophene rings is 1. The Morgan fingerprint density at radius 1 is 1.16 bits per heavy atom.